The Bertz CT molecular complexity index is 918. The maximum Gasteiger partial charge on any atom is 0.344 e. The van der Waals surface area contributed by atoms with Crippen LogP contribution < -0.4 is 0 Å². The summed E-state index contributed by atoms with van der Waals surface area (Å²) in [5.41, 5.74) is 1.35. The van der Waals surface area contributed by atoms with E-state index in [4.69, 9.17) is 9.26 Å². The zero-order valence-corrected chi connectivity index (χ0v) is 13.4. The maximum atomic E-state index is 13.2. The van der Waals surface area contributed by atoms with Crippen LogP contribution in [0.2, 0.25) is 0 Å². The number of rotatable bonds is 5. The van der Waals surface area contributed by atoms with Crippen molar-refractivity contribution in [3.8, 4) is 11.3 Å². The van der Waals surface area contributed by atoms with Crippen LogP contribution in [0.4, 0.5) is 4.39 Å². The predicted octanol–water partition coefficient (Wildman–Crippen LogP) is 3.83. The molecule has 3 aromatic rings. The van der Waals surface area contributed by atoms with Crippen LogP contribution in [0.3, 0.4) is 0 Å². The normalized spacial score (nSPS) is 10.5. The number of halogens is 1. The third-order valence-electron chi connectivity index (χ3n) is 3.60. The minimum absolute atomic E-state index is 0.137. The minimum atomic E-state index is -0.720. The number of Topliss-reactive ketones (excluding diaryl/α,β-unsaturated/α-hetero) is 1. The van der Waals surface area contributed by atoms with Gasteiger partial charge in [0.05, 0.1) is 0 Å². The van der Waals surface area contributed by atoms with Gasteiger partial charge in [-0.05, 0) is 19.1 Å². The first-order chi connectivity index (χ1) is 12.1. The topological polar surface area (TPSA) is 69.4 Å². The number of nitrogens with zero attached hydrogens (tertiary/aromatic N) is 1. The maximum absolute atomic E-state index is 13.2. The van der Waals surface area contributed by atoms with Crippen molar-refractivity contribution in [2.75, 3.05) is 6.61 Å². The van der Waals surface area contributed by atoms with Crippen LogP contribution in [0.1, 0.15) is 26.5 Å². The summed E-state index contributed by atoms with van der Waals surface area (Å²) in [5.74, 6) is -1.45. The van der Waals surface area contributed by atoms with Gasteiger partial charge >= 0.3 is 5.97 Å². The number of aryl methyl sites for hydroxylation is 1. The standard InChI is InChI=1S/C19H14FNO4/c1-12-17(18(21-25-12)13-6-3-2-4-7-13)19(23)24-11-16(22)14-8-5-9-15(20)10-14/h2-10H,11H2,1H3. The van der Waals surface area contributed by atoms with E-state index in [0.717, 1.165) is 6.07 Å². The second-order valence-corrected chi connectivity index (χ2v) is 5.34. The zero-order chi connectivity index (χ0) is 17.8. The highest BCUT2D eigenvalue weighted by atomic mass is 19.1. The molecule has 0 saturated heterocycles. The summed E-state index contributed by atoms with van der Waals surface area (Å²) in [5, 5.41) is 3.89. The van der Waals surface area contributed by atoms with Crippen molar-refractivity contribution in [1.82, 2.24) is 5.16 Å². The summed E-state index contributed by atoms with van der Waals surface area (Å²) >= 11 is 0. The number of hydrogen-bond donors (Lipinski definition) is 0. The van der Waals surface area contributed by atoms with Gasteiger partial charge in [-0.25, -0.2) is 9.18 Å². The van der Waals surface area contributed by atoms with Crippen molar-refractivity contribution >= 4 is 11.8 Å². The van der Waals surface area contributed by atoms with E-state index in [1.807, 2.05) is 18.2 Å². The van der Waals surface area contributed by atoms with Crippen molar-refractivity contribution in [3.63, 3.8) is 0 Å². The van der Waals surface area contributed by atoms with Crippen LogP contribution in [0.5, 0.6) is 0 Å². The van der Waals surface area contributed by atoms with Crippen LogP contribution in [0.25, 0.3) is 11.3 Å². The number of aromatic nitrogens is 1. The van der Waals surface area contributed by atoms with Crippen molar-refractivity contribution in [1.29, 1.82) is 0 Å². The molecule has 0 unspecified atom stereocenters. The lowest BCUT2D eigenvalue weighted by Crippen LogP contribution is -2.15. The molecule has 0 bridgehead atoms. The Hall–Kier alpha value is -3.28. The average molecular weight is 339 g/mol. The lowest BCUT2D eigenvalue weighted by atomic mass is 10.1. The number of carbonyl (C=O) groups is 2. The fraction of sp³-hybridized carbons (Fsp3) is 0.105. The molecular formula is C19H14FNO4. The van der Waals surface area contributed by atoms with E-state index < -0.39 is 24.2 Å². The quantitative estimate of drug-likeness (QED) is 0.522. The molecule has 3 rings (SSSR count). The third-order valence-corrected chi connectivity index (χ3v) is 3.60. The second-order valence-electron chi connectivity index (χ2n) is 5.34. The van der Waals surface area contributed by atoms with Crippen molar-refractivity contribution in [2.24, 2.45) is 0 Å². The molecule has 1 heterocycles. The van der Waals surface area contributed by atoms with Gasteiger partial charge in [0.1, 0.15) is 22.8 Å². The lowest BCUT2D eigenvalue weighted by Gasteiger charge is -2.05. The number of benzene rings is 2. The number of ketones is 1. The van der Waals surface area contributed by atoms with Gasteiger partial charge < -0.3 is 9.26 Å². The molecule has 0 spiro atoms. The molecule has 0 fully saturated rings. The Morgan fingerprint density at radius 3 is 2.60 bits per heavy atom. The van der Waals surface area contributed by atoms with Gasteiger partial charge in [-0.2, -0.15) is 0 Å². The van der Waals surface area contributed by atoms with Gasteiger partial charge in [0.15, 0.2) is 12.4 Å². The van der Waals surface area contributed by atoms with Gasteiger partial charge in [0, 0.05) is 11.1 Å². The first kappa shape index (κ1) is 16.6. The Morgan fingerprint density at radius 2 is 1.88 bits per heavy atom. The Balaban J connectivity index is 1.76. The van der Waals surface area contributed by atoms with Gasteiger partial charge in [-0.1, -0.05) is 47.6 Å². The fourth-order valence-electron chi connectivity index (χ4n) is 2.35. The van der Waals surface area contributed by atoms with Crippen LogP contribution in [-0.2, 0) is 4.74 Å². The van der Waals surface area contributed by atoms with Crippen LogP contribution in [0.15, 0.2) is 59.1 Å². The molecule has 5 nitrogen and oxygen atoms in total. The molecule has 0 amide bonds. The van der Waals surface area contributed by atoms with Gasteiger partial charge in [0.2, 0.25) is 0 Å². The Kier molecular flexibility index (Phi) is 4.70. The van der Waals surface area contributed by atoms with E-state index in [-0.39, 0.29) is 11.1 Å². The molecule has 25 heavy (non-hydrogen) atoms. The van der Waals surface area contributed by atoms with Crippen molar-refractivity contribution in [2.45, 2.75) is 6.92 Å². The number of esters is 1. The molecule has 0 atom stereocenters. The summed E-state index contributed by atoms with van der Waals surface area (Å²) < 4.78 is 23.3. The van der Waals surface area contributed by atoms with E-state index >= 15 is 0 Å². The second kappa shape index (κ2) is 7.09. The molecule has 6 heteroatoms. The molecule has 0 aliphatic rings. The first-order valence-corrected chi connectivity index (χ1v) is 7.54. The number of ether oxygens (including phenoxy) is 1. The summed E-state index contributed by atoms with van der Waals surface area (Å²) in [6, 6.07) is 14.2. The molecule has 0 N–H and O–H groups in total. The SMILES string of the molecule is Cc1onc(-c2ccccc2)c1C(=O)OCC(=O)c1cccc(F)c1. The van der Waals surface area contributed by atoms with Crippen LogP contribution in [0, 0.1) is 12.7 Å². The van der Waals surface area contributed by atoms with Crippen LogP contribution in [-0.4, -0.2) is 23.5 Å². The lowest BCUT2D eigenvalue weighted by molar-refractivity contribution is 0.0473. The molecular weight excluding hydrogens is 325 g/mol. The molecule has 1 aromatic heterocycles. The summed E-state index contributed by atoms with van der Waals surface area (Å²) in [6.45, 7) is 1.09. The fourth-order valence-corrected chi connectivity index (χ4v) is 2.35. The van der Waals surface area contributed by atoms with Crippen molar-refractivity contribution < 1.29 is 23.2 Å². The monoisotopic (exact) mass is 339 g/mol. The van der Waals surface area contributed by atoms with E-state index in [9.17, 15) is 14.0 Å². The van der Waals surface area contributed by atoms with E-state index in [1.54, 1.807) is 19.1 Å². The number of carbonyl (C=O) groups excluding carboxylic acids is 2. The van der Waals surface area contributed by atoms with Crippen LogP contribution >= 0.6 is 0 Å². The predicted molar refractivity (Wildman–Crippen MR) is 87.7 cm³/mol. The molecule has 0 saturated carbocycles. The molecule has 0 radical (unpaired) electrons. The molecule has 2 aromatic carbocycles. The average Bonchev–Trinajstić information content (AvgIpc) is 3.02. The highest BCUT2D eigenvalue weighted by molar-refractivity contribution is 6.01. The van der Waals surface area contributed by atoms with Gasteiger partial charge in [-0.15, -0.1) is 0 Å². The Morgan fingerprint density at radius 1 is 1.12 bits per heavy atom. The highest BCUT2D eigenvalue weighted by Gasteiger charge is 2.23. The van der Waals surface area contributed by atoms with Gasteiger partial charge in [0.25, 0.3) is 0 Å². The third kappa shape index (κ3) is 3.63. The smallest absolute Gasteiger partial charge is 0.344 e. The van der Waals surface area contributed by atoms with E-state index in [0.29, 0.717) is 17.0 Å². The van der Waals surface area contributed by atoms with Gasteiger partial charge in [-0.3, -0.25) is 4.79 Å². The summed E-state index contributed by atoms with van der Waals surface area (Å²) in [7, 11) is 0. The molecule has 0 aliphatic carbocycles. The van der Waals surface area contributed by atoms with Crippen molar-refractivity contribution in [3.05, 3.63) is 77.3 Å². The summed E-state index contributed by atoms with van der Waals surface area (Å²) in [4.78, 5) is 24.4. The Labute approximate surface area is 143 Å². The summed E-state index contributed by atoms with van der Waals surface area (Å²) in [6.07, 6.45) is 0. The number of hydrogen-bond acceptors (Lipinski definition) is 5. The zero-order valence-electron chi connectivity index (χ0n) is 13.4. The first-order valence-electron chi connectivity index (χ1n) is 7.54. The largest absolute Gasteiger partial charge is 0.454 e. The van der Waals surface area contributed by atoms with E-state index in [1.165, 1.54) is 18.2 Å². The minimum Gasteiger partial charge on any atom is -0.454 e. The molecule has 126 valence electrons. The van der Waals surface area contributed by atoms with E-state index in [2.05, 4.69) is 5.16 Å². The highest BCUT2D eigenvalue weighted by Crippen LogP contribution is 2.25. The molecule has 0 aliphatic heterocycles.